The summed E-state index contributed by atoms with van der Waals surface area (Å²) in [6.45, 7) is 16.1. The monoisotopic (exact) mass is 360 g/mol. The summed E-state index contributed by atoms with van der Waals surface area (Å²) in [6.07, 6.45) is 11.1. The van der Waals surface area contributed by atoms with Crippen molar-refractivity contribution in [1.82, 2.24) is 0 Å². The molecule has 0 saturated heterocycles. The predicted molar refractivity (Wildman–Crippen MR) is 104 cm³/mol. The van der Waals surface area contributed by atoms with Crippen LogP contribution in [0.15, 0.2) is 0 Å². The zero-order chi connectivity index (χ0) is 19.7. The first-order valence-electron chi connectivity index (χ1n) is 10.1. The summed E-state index contributed by atoms with van der Waals surface area (Å²) in [5.74, 6) is -3.91. The number of carboxylic acid groups (broad SMARTS) is 2. The molecule has 0 aromatic rings. The lowest BCUT2D eigenvalue weighted by Crippen LogP contribution is -2.50. The van der Waals surface area contributed by atoms with Crippen LogP contribution in [0.5, 0.6) is 0 Å². The van der Waals surface area contributed by atoms with Crippen LogP contribution < -0.4 is 0 Å². The third-order valence-corrected chi connectivity index (χ3v) is 4.68. The Hall–Kier alpha value is -1.10. The van der Waals surface area contributed by atoms with Gasteiger partial charge >= 0.3 is 11.9 Å². The number of rotatable bonds is 14. The average molecular weight is 361 g/mol. The molecule has 0 heterocycles. The van der Waals surface area contributed by atoms with Gasteiger partial charge in [0, 0.05) is 0 Å². The van der Waals surface area contributed by atoms with Crippen molar-refractivity contribution >= 4 is 11.9 Å². The number of aliphatic carboxylic acids is 2. The van der Waals surface area contributed by atoms with Gasteiger partial charge in [-0.1, -0.05) is 53.4 Å². The Bertz CT molecular complexity index is 293. The predicted octanol–water partition coefficient (Wildman–Crippen LogP) is 4.80. The van der Waals surface area contributed by atoms with E-state index in [-0.39, 0.29) is 0 Å². The van der Waals surface area contributed by atoms with E-state index >= 15 is 0 Å². The maximum atomic E-state index is 9.76. The largest absolute Gasteiger partial charge is 0.481 e. The van der Waals surface area contributed by atoms with Gasteiger partial charge in [-0.05, 0) is 32.6 Å². The second-order valence-electron chi connectivity index (χ2n) is 7.05. The van der Waals surface area contributed by atoms with Crippen LogP contribution in [0.25, 0.3) is 0 Å². The molecule has 150 valence electrons. The van der Waals surface area contributed by atoms with Gasteiger partial charge in [0.15, 0.2) is 5.92 Å². The van der Waals surface area contributed by atoms with E-state index in [0.717, 1.165) is 6.92 Å². The van der Waals surface area contributed by atoms with E-state index < -0.39 is 17.9 Å². The van der Waals surface area contributed by atoms with Crippen molar-refractivity contribution in [3.63, 3.8) is 0 Å². The minimum absolute atomic E-state index is 1.12. The van der Waals surface area contributed by atoms with Crippen LogP contribution in [0.2, 0.25) is 0 Å². The molecule has 0 aliphatic heterocycles. The minimum atomic E-state index is -1.31. The second-order valence-corrected chi connectivity index (χ2v) is 7.05. The minimum Gasteiger partial charge on any atom is -0.481 e. The highest BCUT2D eigenvalue weighted by Crippen LogP contribution is 2.16. The summed E-state index contributed by atoms with van der Waals surface area (Å²) < 4.78 is 1.42. The molecule has 25 heavy (non-hydrogen) atoms. The summed E-state index contributed by atoms with van der Waals surface area (Å²) in [7, 11) is 0. The van der Waals surface area contributed by atoms with Gasteiger partial charge in [-0.3, -0.25) is 9.59 Å². The van der Waals surface area contributed by atoms with Gasteiger partial charge in [0.1, 0.15) is 0 Å². The molecule has 0 atom stereocenters. The van der Waals surface area contributed by atoms with Gasteiger partial charge in [-0.2, -0.15) is 0 Å². The van der Waals surface area contributed by atoms with E-state index in [1.54, 1.807) is 0 Å². The molecule has 0 aliphatic carbocycles. The van der Waals surface area contributed by atoms with Gasteiger partial charge < -0.3 is 14.7 Å². The molecule has 0 aromatic heterocycles. The van der Waals surface area contributed by atoms with Crippen molar-refractivity contribution < 1.29 is 24.3 Å². The van der Waals surface area contributed by atoms with E-state index in [4.69, 9.17) is 10.2 Å². The van der Waals surface area contributed by atoms with Gasteiger partial charge in [0.25, 0.3) is 0 Å². The first-order valence-corrected chi connectivity index (χ1v) is 10.1. The maximum Gasteiger partial charge on any atom is 0.317 e. The molecule has 0 saturated carbocycles. The van der Waals surface area contributed by atoms with Gasteiger partial charge in [-0.25, -0.2) is 0 Å². The van der Waals surface area contributed by atoms with Crippen LogP contribution in [-0.2, 0) is 9.59 Å². The van der Waals surface area contributed by atoms with Crippen molar-refractivity contribution in [2.45, 2.75) is 86.0 Å². The highest BCUT2D eigenvalue weighted by atomic mass is 16.4. The molecule has 0 fully saturated rings. The summed E-state index contributed by atoms with van der Waals surface area (Å²) in [6, 6.07) is 0. The highest BCUT2D eigenvalue weighted by Gasteiger charge is 2.24. The number of unbranched alkanes of at least 4 members (excludes halogenated alkanes) is 4. The molecule has 5 nitrogen and oxygen atoms in total. The number of quaternary nitrogens is 1. The molecule has 0 aromatic carbocycles. The van der Waals surface area contributed by atoms with E-state index in [9.17, 15) is 9.59 Å². The summed E-state index contributed by atoms with van der Waals surface area (Å²) in [4.78, 5) is 19.5. The molecule has 0 bridgehead atoms. The second kappa shape index (κ2) is 16.4. The fraction of sp³-hybridized carbons (Fsp3) is 0.900. The molecule has 0 aliphatic rings. The Morgan fingerprint density at radius 1 is 0.680 bits per heavy atom. The first-order chi connectivity index (χ1) is 11.8. The highest BCUT2D eigenvalue weighted by molar-refractivity contribution is 5.92. The molecular weight excluding hydrogens is 318 g/mol. The van der Waals surface area contributed by atoms with Crippen LogP contribution in [0.3, 0.4) is 0 Å². The molecule has 0 radical (unpaired) electrons. The lowest BCUT2D eigenvalue weighted by Gasteiger charge is -2.39. The quantitative estimate of drug-likeness (QED) is 0.345. The van der Waals surface area contributed by atoms with Gasteiger partial charge in [0.2, 0.25) is 0 Å². The number of carbonyl (C=O) groups is 2. The first kappa shape index (κ1) is 26.1. The van der Waals surface area contributed by atoms with E-state index in [0.29, 0.717) is 0 Å². The topological polar surface area (TPSA) is 74.6 Å². The van der Waals surface area contributed by atoms with Crippen LogP contribution >= 0.6 is 0 Å². The zero-order valence-electron chi connectivity index (χ0n) is 17.2. The average Bonchev–Trinajstić information content (AvgIpc) is 2.60. The Kier molecular flexibility index (Phi) is 17.1. The fourth-order valence-electron chi connectivity index (χ4n) is 2.75. The van der Waals surface area contributed by atoms with E-state index in [2.05, 4.69) is 27.7 Å². The molecule has 0 rings (SSSR count). The fourth-order valence-corrected chi connectivity index (χ4v) is 2.75. The standard InChI is InChI=1S/C16H36N.C4H6O4/c1-5-9-13-17(14-10-6-2,15-11-7-3)16-12-8-4;1-2(3(5)6)4(7)8/h5-16H2,1-4H3;2H,1H3,(H,5,6)(H,7,8)/q+1;. The molecule has 0 spiro atoms. The van der Waals surface area contributed by atoms with E-state index in [1.807, 2.05) is 0 Å². The Morgan fingerprint density at radius 3 is 1.04 bits per heavy atom. The van der Waals surface area contributed by atoms with Crippen LogP contribution in [0, 0.1) is 5.92 Å². The number of hydrogen-bond acceptors (Lipinski definition) is 2. The summed E-state index contributed by atoms with van der Waals surface area (Å²) >= 11 is 0. The van der Waals surface area contributed by atoms with Gasteiger partial charge in [0.05, 0.1) is 26.2 Å². The van der Waals surface area contributed by atoms with Crippen molar-refractivity contribution in [2.24, 2.45) is 5.92 Å². The van der Waals surface area contributed by atoms with Gasteiger partial charge in [-0.15, -0.1) is 0 Å². The van der Waals surface area contributed by atoms with Crippen LogP contribution in [0.4, 0.5) is 0 Å². The maximum absolute atomic E-state index is 9.76. The summed E-state index contributed by atoms with van der Waals surface area (Å²) in [5.41, 5.74) is 0. The molecule has 0 amide bonds. The number of hydrogen-bond donors (Lipinski definition) is 2. The summed E-state index contributed by atoms with van der Waals surface area (Å²) in [5, 5.41) is 15.9. The Balaban J connectivity index is 0. The third kappa shape index (κ3) is 13.8. The van der Waals surface area contributed by atoms with Crippen molar-refractivity contribution in [3.8, 4) is 0 Å². The zero-order valence-corrected chi connectivity index (χ0v) is 17.2. The third-order valence-electron chi connectivity index (χ3n) is 4.68. The normalized spacial score (nSPS) is 11.1. The molecular formula is C20H42NO4+. The van der Waals surface area contributed by atoms with Crippen LogP contribution in [0.1, 0.15) is 86.0 Å². The van der Waals surface area contributed by atoms with Crippen LogP contribution in [-0.4, -0.2) is 52.8 Å². The number of carboxylic acids is 2. The molecule has 5 heteroatoms. The molecule has 2 N–H and O–H groups in total. The lowest BCUT2D eigenvalue weighted by molar-refractivity contribution is -0.929. The smallest absolute Gasteiger partial charge is 0.317 e. The van der Waals surface area contributed by atoms with Crippen molar-refractivity contribution in [3.05, 3.63) is 0 Å². The number of nitrogens with zero attached hydrogens (tertiary/aromatic N) is 1. The van der Waals surface area contributed by atoms with E-state index in [1.165, 1.54) is 82.0 Å². The van der Waals surface area contributed by atoms with Crippen molar-refractivity contribution in [2.75, 3.05) is 26.2 Å². The Labute approximate surface area is 155 Å². The molecule has 0 unspecified atom stereocenters. The Morgan fingerprint density at radius 2 is 0.920 bits per heavy atom. The lowest BCUT2D eigenvalue weighted by atomic mass is 10.1. The SMILES string of the molecule is CC(C(=O)O)C(=O)O.CCCC[N+](CCCC)(CCCC)CCCC. The van der Waals surface area contributed by atoms with Crippen molar-refractivity contribution in [1.29, 1.82) is 0 Å².